The zero-order valence-electron chi connectivity index (χ0n) is 10.8. The maximum Gasteiger partial charge on any atom is 0.375 e. The van der Waals surface area contributed by atoms with E-state index in [1.165, 1.54) is 18.2 Å². The Kier molecular flexibility index (Phi) is 2.89. The maximum atomic E-state index is 13.1. The maximum absolute atomic E-state index is 13.1. The Morgan fingerprint density at radius 3 is 2.61 bits per heavy atom. The van der Waals surface area contributed by atoms with Crippen molar-refractivity contribution >= 4 is 16.9 Å². The molecule has 0 saturated heterocycles. The monoisotopic (exact) mass is 250 g/mol. The van der Waals surface area contributed by atoms with Crippen molar-refractivity contribution in [1.29, 1.82) is 0 Å². The molecule has 0 saturated carbocycles. The van der Waals surface area contributed by atoms with Gasteiger partial charge < -0.3 is 9.15 Å². The molecule has 1 heterocycles. The standard InChI is InChI=1S/C14H15FO3/c1-8-10-7-9(15)5-6-11(10)17-12(8)13(16)18-14(2,3)4/h5-7H,1-4H3. The summed E-state index contributed by atoms with van der Waals surface area (Å²) in [6, 6.07) is 4.15. The van der Waals surface area contributed by atoms with Crippen molar-refractivity contribution in [2.45, 2.75) is 33.3 Å². The van der Waals surface area contributed by atoms with Crippen LogP contribution in [0.4, 0.5) is 4.39 Å². The number of benzene rings is 1. The highest BCUT2D eigenvalue weighted by atomic mass is 19.1. The topological polar surface area (TPSA) is 39.4 Å². The van der Waals surface area contributed by atoms with Crippen molar-refractivity contribution in [3.63, 3.8) is 0 Å². The molecule has 0 aliphatic carbocycles. The number of hydrogen-bond acceptors (Lipinski definition) is 3. The summed E-state index contributed by atoms with van der Waals surface area (Å²) in [6.45, 7) is 7.05. The van der Waals surface area contributed by atoms with Crippen molar-refractivity contribution < 1.29 is 18.3 Å². The molecule has 0 spiro atoms. The minimum absolute atomic E-state index is 0.130. The lowest BCUT2D eigenvalue weighted by Gasteiger charge is -2.18. The summed E-state index contributed by atoms with van der Waals surface area (Å²) in [4.78, 5) is 11.9. The molecule has 0 atom stereocenters. The third kappa shape index (κ3) is 2.37. The Morgan fingerprint density at radius 2 is 2.00 bits per heavy atom. The molecule has 0 N–H and O–H groups in total. The average Bonchev–Trinajstić information content (AvgIpc) is 2.54. The molecular formula is C14H15FO3. The van der Waals surface area contributed by atoms with E-state index < -0.39 is 11.6 Å². The predicted molar refractivity (Wildman–Crippen MR) is 66.1 cm³/mol. The zero-order valence-corrected chi connectivity index (χ0v) is 10.8. The van der Waals surface area contributed by atoms with E-state index in [1.807, 2.05) is 0 Å². The second kappa shape index (κ2) is 4.12. The van der Waals surface area contributed by atoms with Gasteiger partial charge in [-0.1, -0.05) is 0 Å². The average molecular weight is 250 g/mol. The van der Waals surface area contributed by atoms with Gasteiger partial charge in [0.2, 0.25) is 5.76 Å². The molecule has 0 unspecified atom stereocenters. The van der Waals surface area contributed by atoms with Gasteiger partial charge in [-0.15, -0.1) is 0 Å². The van der Waals surface area contributed by atoms with Crippen molar-refractivity contribution in [2.75, 3.05) is 0 Å². The van der Waals surface area contributed by atoms with Crippen molar-refractivity contribution in [1.82, 2.24) is 0 Å². The number of fused-ring (bicyclic) bond motifs is 1. The molecule has 2 rings (SSSR count). The quantitative estimate of drug-likeness (QED) is 0.722. The first-order valence-corrected chi connectivity index (χ1v) is 5.70. The molecule has 1 aromatic carbocycles. The summed E-state index contributed by atoms with van der Waals surface area (Å²) in [7, 11) is 0. The van der Waals surface area contributed by atoms with Crippen LogP contribution in [0.15, 0.2) is 22.6 Å². The zero-order chi connectivity index (χ0) is 13.5. The van der Waals surface area contributed by atoms with Gasteiger partial charge in [0.15, 0.2) is 0 Å². The molecule has 0 aliphatic heterocycles. The van der Waals surface area contributed by atoms with Crippen LogP contribution in [-0.2, 0) is 4.74 Å². The molecule has 3 nitrogen and oxygen atoms in total. The molecule has 96 valence electrons. The normalized spacial score (nSPS) is 11.8. The number of ether oxygens (including phenoxy) is 1. The molecule has 1 aromatic heterocycles. The molecular weight excluding hydrogens is 235 g/mol. The minimum Gasteiger partial charge on any atom is -0.454 e. The van der Waals surface area contributed by atoms with Gasteiger partial charge in [0.05, 0.1) is 0 Å². The van der Waals surface area contributed by atoms with E-state index in [4.69, 9.17) is 9.15 Å². The number of halogens is 1. The minimum atomic E-state index is -0.590. The predicted octanol–water partition coefficient (Wildman–Crippen LogP) is 3.84. The Hall–Kier alpha value is -1.84. The lowest BCUT2D eigenvalue weighted by atomic mass is 10.1. The van der Waals surface area contributed by atoms with Crippen LogP contribution in [-0.4, -0.2) is 11.6 Å². The summed E-state index contributed by atoms with van der Waals surface area (Å²) >= 11 is 0. The molecule has 2 aromatic rings. The first-order chi connectivity index (χ1) is 8.28. The lowest BCUT2D eigenvalue weighted by Crippen LogP contribution is -2.23. The fourth-order valence-corrected chi connectivity index (χ4v) is 1.71. The Morgan fingerprint density at radius 1 is 1.33 bits per heavy atom. The van der Waals surface area contributed by atoms with E-state index in [0.29, 0.717) is 16.5 Å². The number of hydrogen-bond donors (Lipinski definition) is 0. The van der Waals surface area contributed by atoms with Gasteiger partial charge in [-0.2, -0.15) is 0 Å². The van der Waals surface area contributed by atoms with Gasteiger partial charge in [-0.05, 0) is 45.9 Å². The van der Waals surface area contributed by atoms with Crippen LogP contribution in [0.3, 0.4) is 0 Å². The number of carbonyl (C=O) groups excluding carboxylic acids is 1. The smallest absolute Gasteiger partial charge is 0.375 e. The summed E-state index contributed by atoms with van der Waals surface area (Å²) in [5.74, 6) is -0.760. The summed E-state index contributed by atoms with van der Waals surface area (Å²) < 4.78 is 23.8. The van der Waals surface area contributed by atoms with Crippen LogP contribution in [0.1, 0.15) is 36.9 Å². The number of furan rings is 1. The van der Waals surface area contributed by atoms with Gasteiger partial charge in [0.1, 0.15) is 17.0 Å². The van der Waals surface area contributed by atoms with Gasteiger partial charge in [-0.25, -0.2) is 9.18 Å². The van der Waals surface area contributed by atoms with Crippen molar-refractivity contribution in [3.8, 4) is 0 Å². The first kappa shape index (κ1) is 12.6. The van der Waals surface area contributed by atoms with Gasteiger partial charge in [-0.3, -0.25) is 0 Å². The van der Waals surface area contributed by atoms with Crippen LogP contribution < -0.4 is 0 Å². The molecule has 0 aliphatic rings. The molecule has 4 heteroatoms. The second-order valence-corrected chi connectivity index (χ2v) is 5.20. The Bertz CT molecular complexity index is 605. The molecule has 18 heavy (non-hydrogen) atoms. The van der Waals surface area contributed by atoms with E-state index in [1.54, 1.807) is 27.7 Å². The fourth-order valence-electron chi connectivity index (χ4n) is 1.71. The number of aryl methyl sites for hydroxylation is 1. The van der Waals surface area contributed by atoms with Gasteiger partial charge in [0.25, 0.3) is 0 Å². The second-order valence-electron chi connectivity index (χ2n) is 5.20. The van der Waals surface area contributed by atoms with Gasteiger partial charge >= 0.3 is 5.97 Å². The lowest BCUT2D eigenvalue weighted by molar-refractivity contribution is 0.00372. The van der Waals surface area contributed by atoms with E-state index in [2.05, 4.69) is 0 Å². The van der Waals surface area contributed by atoms with Crippen LogP contribution in [0.25, 0.3) is 11.0 Å². The van der Waals surface area contributed by atoms with Crippen molar-refractivity contribution in [2.24, 2.45) is 0 Å². The van der Waals surface area contributed by atoms with Crippen LogP contribution in [0.2, 0.25) is 0 Å². The van der Waals surface area contributed by atoms with Crippen LogP contribution in [0, 0.1) is 12.7 Å². The molecule has 0 radical (unpaired) electrons. The van der Waals surface area contributed by atoms with Gasteiger partial charge in [0, 0.05) is 10.9 Å². The third-order valence-electron chi connectivity index (χ3n) is 2.48. The van der Waals surface area contributed by atoms with E-state index in [0.717, 1.165) is 0 Å². The summed E-state index contributed by atoms with van der Waals surface area (Å²) in [5.41, 5.74) is 0.488. The van der Waals surface area contributed by atoms with E-state index in [-0.39, 0.29) is 11.6 Å². The van der Waals surface area contributed by atoms with E-state index >= 15 is 0 Å². The highest BCUT2D eigenvalue weighted by molar-refractivity contribution is 5.96. The highest BCUT2D eigenvalue weighted by Crippen LogP contribution is 2.27. The highest BCUT2D eigenvalue weighted by Gasteiger charge is 2.24. The van der Waals surface area contributed by atoms with Crippen LogP contribution >= 0.6 is 0 Å². The van der Waals surface area contributed by atoms with Crippen LogP contribution in [0.5, 0.6) is 0 Å². The fraction of sp³-hybridized carbons (Fsp3) is 0.357. The van der Waals surface area contributed by atoms with E-state index in [9.17, 15) is 9.18 Å². The molecule has 0 amide bonds. The summed E-state index contributed by atoms with van der Waals surface area (Å²) in [6.07, 6.45) is 0. The van der Waals surface area contributed by atoms with Crippen molar-refractivity contribution in [3.05, 3.63) is 35.3 Å². The number of rotatable bonds is 1. The molecule has 0 bridgehead atoms. The largest absolute Gasteiger partial charge is 0.454 e. The summed E-state index contributed by atoms with van der Waals surface area (Å²) in [5, 5.41) is 0.593. The third-order valence-corrected chi connectivity index (χ3v) is 2.48. The first-order valence-electron chi connectivity index (χ1n) is 5.70. The number of esters is 1. The SMILES string of the molecule is Cc1c(C(=O)OC(C)(C)C)oc2ccc(F)cc12. The number of carbonyl (C=O) groups is 1. The Balaban J connectivity index is 2.46. The Labute approximate surface area is 105 Å². The molecule has 0 fully saturated rings.